The van der Waals surface area contributed by atoms with Crippen molar-refractivity contribution in [2.24, 2.45) is 0 Å². The van der Waals surface area contributed by atoms with Gasteiger partial charge in [-0.1, -0.05) is 19.6 Å². The van der Waals surface area contributed by atoms with E-state index in [1.807, 2.05) is 6.20 Å². The van der Waals surface area contributed by atoms with Crippen LogP contribution in [0.5, 0.6) is 17.2 Å². The van der Waals surface area contributed by atoms with Crippen molar-refractivity contribution in [1.82, 2.24) is 14.8 Å². The van der Waals surface area contributed by atoms with E-state index in [2.05, 4.69) is 24.7 Å². The Morgan fingerprint density at radius 1 is 1.39 bits per heavy atom. The fourth-order valence-electron chi connectivity index (χ4n) is 3.26. The van der Waals surface area contributed by atoms with Gasteiger partial charge < -0.3 is 34.2 Å². The number of hydroxylamine groups is 2. The first-order valence-electron chi connectivity index (χ1n) is 11.1. The minimum Gasteiger partial charge on any atom is -0.756 e. The van der Waals surface area contributed by atoms with Crippen LogP contribution in [0.15, 0.2) is 24.5 Å². The first-order valence-corrected chi connectivity index (χ1v) is 14.8. The lowest BCUT2D eigenvalue weighted by Gasteiger charge is -2.31. The van der Waals surface area contributed by atoms with E-state index < -0.39 is 21.1 Å². The number of benzene rings is 1. The standard InChI is InChI=1S/C21H29BN3O7Si/c1-33(2,3)9-8-29-14-24-11-15(10-23-24)12-30-17-6-7-18-20(32-22(27)13-31-18)19(17)21(26)25(28)16-4-5-16/h6-7,10-11,16,27H,4-5,8-9,12-14H2,1-3H3/q-1. The number of carbonyl (C=O) groups excluding carboxylic acids is 1. The molecule has 1 aromatic heterocycles. The molecule has 2 aromatic rings. The molecule has 12 heteroatoms. The molecule has 0 bridgehead atoms. The molecule has 2 heterocycles. The zero-order chi connectivity index (χ0) is 23.6. The molecule has 1 amide bonds. The zero-order valence-corrected chi connectivity index (χ0v) is 20.2. The Kier molecular flexibility index (Phi) is 6.98. The van der Waals surface area contributed by atoms with E-state index in [0.29, 0.717) is 31.2 Å². The van der Waals surface area contributed by atoms with Crippen molar-refractivity contribution in [1.29, 1.82) is 0 Å². The molecule has 1 aliphatic carbocycles. The molecular weight excluding hydrogens is 445 g/mol. The Hall–Kier alpha value is -2.54. The molecule has 1 fully saturated rings. The van der Waals surface area contributed by atoms with E-state index in [0.717, 1.165) is 11.6 Å². The smallest absolute Gasteiger partial charge is 0.563 e. The van der Waals surface area contributed by atoms with Crippen molar-refractivity contribution in [2.75, 3.05) is 13.1 Å². The highest BCUT2D eigenvalue weighted by molar-refractivity contribution is 6.76. The predicted octanol–water partition coefficient (Wildman–Crippen LogP) is 2.67. The summed E-state index contributed by atoms with van der Waals surface area (Å²) in [5.41, 5.74) is 0.730. The van der Waals surface area contributed by atoms with Gasteiger partial charge in [0.25, 0.3) is 5.91 Å². The van der Waals surface area contributed by atoms with E-state index in [4.69, 9.17) is 18.9 Å². The third-order valence-corrected chi connectivity index (χ3v) is 7.02. The molecule has 1 aromatic carbocycles. The Morgan fingerprint density at radius 3 is 2.91 bits per heavy atom. The van der Waals surface area contributed by atoms with Gasteiger partial charge in [0.15, 0.2) is 11.5 Å². The summed E-state index contributed by atoms with van der Waals surface area (Å²) in [5.74, 6) is -0.293. The summed E-state index contributed by atoms with van der Waals surface area (Å²) < 4.78 is 24.2. The predicted molar refractivity (Wildman–Crippen MR) is 124 cm³/mol. The van der Waals surface area contributed by atoms with Gasteiger partial charge in [0.1, 0.15) is 31.2 Å². The fourth-order valence-corrected chi connectivity index (χ4v) is 4.02. The summed E-state index contributed by atoms with van der Waals surface area (Å²) in [6, 6.07) is 3.90. The van der Waals surface area contributed by atoms with Crippen LogP contribution in [0.3, 0.4) is 0 Å². The molecule has 0 saturated heterocycles. The zero-order valence-electron chi connectivity index (χ0n) is 19.2. The monoisotopic (exact) mass is 474 g/mol. The number of amides is 1. The summed E-state index contributed by atoms with van der Waals surface area (Å²) in [7, 11) is -2.38. The molecule has 0 spiro atoms. The average Bonchev–Trinajstić information content (AvgIpc) is 3.52. The maximum absolute atomic E-state index is 12.9. The highest BCUT2D eigenvalue weighted by Gasteiger charge is 2.35. The number of aromatic nitrogens is 2. The van der Waals surface area contributed by atoms with Crippen LogP contribution in [-0.2, 0) is 18.1 Å². The molecule has 0 atom stereocenters. The molecular formula is C21H29BN3O7Si-. The number of ether oxygens (including phenoxy) is 3. The molecule has 10 nitrogen and oxygen atoms in total. The van der Waals surface area contributed by atoms with E-state index in [1.165, 1.54) is 0 Å². The van der Waals surface area contributed by atoms with Gasteiger partial charge in [0.2, 0.25) is 0 Å². The van der Waals surface area contributed by atoms with Crippen molar-refractivity contribution in [2.45, 2.75) is 57.9 Å². The SMILES string of the molecule is C[Si](C)(C)CCOCn1cc(COc2ccc3c(c2C(=O)N([O-])C2CC2)OB(O)CO3)cn1. The average molecular weight is 474 g/mol. The summed E-state index contributed by atoms with van der Waals surface area (Å²) in [6.45, 7) is 8.00. The topological polar surface area (TPSA) is 118 Å². The third kappa shape index (κ3) is 6.08. The van der Waals surface area contributed by atoms with E-state index in [-0.39, 0.29) is 42.0 Å². The van der Waals surface area contributed by atoms with Crippen molar-refractivity contribution in [3.63, 3.8) is 0 Å². The molecule has 1 aliphatic heterocycles. The van der Waals surface area contributed by atoms with Gasteiger partial charge in [-0.25, -0.2) is 4.68 Å². The molecule has 0 radical (unpaired) electrons. The maximum atomic E-state index is 12.9. The lowest BCUT2D eigenvalue weighted by atomic mass is 9.91. The van der Waals surface area contributed by atoms with Crippen LogP contribution >= 0.6 is 0 Å². The highest BCUT2D eigenvalue weighted by atomic mass is 28.3. The molecule has 33 heavy (non-hydrogen) atoms. The Bertz CT molecular complexity index is 993. The second-order valence-electron chi connectivity index (χ2n) is 9.54. The highest BCUT2D eigenvalue weighted by Crippen LogP contribution is 2.42. The molecule has 1 saturated carbocycles. The van der Waals surface area contributed by atoms with E-state index >= 15 is 0 Å². The Labute approximate surface area is 194 Å². The summed E-state index contributed by atoms with van der Waals surface area (Å²) in [5, 5.41) is 27.0. The number of hydrogen-bond acceptors (Lipinski definition) is 8. The van der Waals surface area contributed by atoms with Gasteiger partial charge in [-0.05, 0) is 31.0 Å². The molecule has 178 valence electrons. The van der Waals surface area contributed by atoms with E-state index in [1.54, 1.807) is 23.0 Å². The Balaban J connectivity index is 1.44. The van der Waals surface area contributed by atoms with Crippen LogP contribution in [-0.4, -0.2) is 60.1 Å². The number of carbonyl (C=O) groups is 1. The van der Waals surface area contributed by atoms with Gasteiger partial charge in [-0.15, -0.1) is 0 Å². The van der Waals surface area contributed by atoms with Crippen molar-refractivity contribution < 1.29 is 28.7 Å². The third-order valence-electron chi connectivity index (χ3n) is 5.31. The maximum Gasteiger partial charge on any atom is 0.563 e. The molecule has 4 rings (SSSR count). The number of nitrogens with zero attached hydrogens (tertiary/aromatic N) is 3. The lowest BCUT2D eigenvalue weighted by molar-refractivity contribution is 0.0784. The Morgan fingerprint density at radius 2 is 2.18 bits per heavy atom. The van der Waals surface area contributed by atoms with Crippen LogP contribution in [0.1, 0.15) is 28.8 Å². The van der Waals surface area contributed by atoms with Crippen LogP contribution in [0, 0.1) is 5.21 Å². The quantitative estimate of drug-likeness (QED) is 0.317. The van der Waals surface area contributed by atoms with Gasteiger partial charge in [0.05, 0.1) is 6.20 Å². The van der Waals surface area contributed by atoms with Crippen LogP contribution in [0.25, 0.3) is 0 Å². The van der Waals surface area contributed by atoms with Crippen molar-refractivity contribution in [3.05, 3.63) is 40.9 Å². The molecule has 2 aliphatic rings. The van der Waals surface area contributed by atoms with Gasteiger partial charge in [0, 0.05) is 32.5 Å². The van der Waals surface area contributed by atoms with E-state index in [9.17, 15) is 15.0 Å². The van der Waals surface area contributed by atoms with Crippen LogP contribution < -0.4 is 14.1 Å². The largest absolute Gasteiger partial charge is 0.756 e. The number of hydrogen-bond donors (Lipinski definition) is 1. The number of fused-ring (bicyclic) bond motifs is 1. The lowest BCUT2D eigenvalue weighted by Crippen LogP contribution is -2.36. The van der Waals surface area contributed by atoms with Crippen molar-refractivity contribution >= 4 is 21.1 Å². The number of rotatable bonds is 10. The second-order valence-corrected chi connectivity index (χ2v) is 15.2. The van der Waals surface area contributed by atoms with Gasteiger partial charge in [-0.2, -0.15) is 5.10 Å². The minimum atomic E-state index is -1.24. The van der Waals surface area contributed by atoms with Crippen LogP contribution in [0.2, 0.25) is 25.7 Å². The first-order chi connectivity index (χ1) is 15.7. The van der Waals surface area contributed by atoms with Crippen molar-refractivity contribution in [3.8, 4) is 17.2 Å². The van der Waals surface area contributed by atoms with Gasteiger partial charge >= 0.3 is 7.12 Å². The summed E-state index contributed by atoms with van der Waals surface area (Å²) in [6.07, 6.45) is 4.80. The molecule has 0 unspecified atom stereocenters. The first kappa shape index (κ1) is 23.6. The normalized spacial score (nSPS) is 15.5. The summed E-state index contributed by atoms with van der Waals surface area (Å²) in [4.78, 5) is 12.9. The fraction of sp³-hybridized carbons (Fsp3) is 0.524. The van der Waals surface area contributed by atoms with Gasteiger partial charge in [-0.3, -0.25) is 4.79 Å². The summed E-state index contributed by atoms with van der Waals surface area (Å²) >= 11 is 0. The molecule has 1 N–H and O–H groups in total. The minimum absolute atomic E-state index is 0.0178. The van der Waals surface area contributed by atoms with Crippen LogP contribution in [0.4, 0.5) is 0 Å². The second kappa shape index (κ2) is 9.76.